The van der Waals surface area contributed by atoms with Gasteiger partial charge in [-0.3, -0.25) is 0 Å². The molecular weight excluding hydrogens is 134 g/mol. The molecule has 0 spiro atoms. The van der Waals surface area contributed by atoms with Gasteiger partial charge in [0.2, 0.25) is 0 Å². The first-order valence-corrected chi connectivity index (χ1v) is 4.90. The molecule has 0 aliphatic heterocycles. The summed E-state index contributed by atoms with van der Waals surface area (Å²) in [6.45, 7) is 4.61. The van der Waals surface area contributed by atoms with E-state index in [-0.39, 0.29) is 5.54 Å². The van der Waals surface area contributed by atoms with Crippen LogP contribution in [0.1, 0.15) is 39.5 Å². The molecule has 2 saturated carbocycles. The second-order valence-electron chi connectivity index (χ2n) is 4.87. The summed E-state index contributed by atoms with van der Waals surface area (Å²) in [6, 6.07) is 0. The van der Waals surface area contributed by atoms with Crippen LogP contribution in [-0.4, -0.2) is 5.54 Å². The maximum Gasteiger partial charge on any atom is 0.0157 e. The van der Waals surface area contributed by atoms with Crippen molar-refractivity contribution in [1.82, 2.24) is 0 Å². The van der Waals surface area contributed by atoms with Gasteiger partial charge >= 0.3 is 0 Å². The quantitative estimate of drug-likeness (QED) is 0.614. The Morgan fingerprint density at radius 3 is 2.09 bits per heavy atom. The van der Waals surface area contributed by atoms with E-state index in [0.717, 1.165) is 17.8 Å². The summed E-state index contributed by atoms with van der Waals surface area (Å²) in [5.41, 5.74) is 6.33. The van der Waals surface area contributed by atoms with Crippen LogP contribution in [0.25, 0.3) is 0 Å². The minimum absolute atomic E-state index is 0.194. The van der Waals surface area contributed by atoms with E-state index in [2.05, 4.69) is 13.8 Å². The summed E-state index contributed by atoms with van der Waals surface area (Å²) in [5, 5.41) is 0. The molecule has 2 rings (SSSR count). The van der Waals surface area contributed by atoms with E-state index in [1.165, 1.54) is 25.7 Å². The van der Waals surface area contributed by atoms with Gasteiger partial charge in [-0.2, -0.15) is 0 Å². The van der Waals surface area contributed by atoms with Gasteiger partial charge in [-0.25, -0.2) is 0 Å². The van der Waals surface area contributed by atoms with Crippen LogP contribution in [0.4, 0.5) is 0 Å². The average Bonchev–Trinajstić information content (AvgIpc) is 1.95. The average molecular weight is 153 g/mol. The molecular formula is C10H19N. The molecule has 0 amide bonds. The Labute approximate surface area is 69.4 Å². The maximum atomic E-state index is 6.14. The zero-order chi connectivity index (χ0) is 8.06. The van der Waals surface area contributed by atoms with Gasteiger partial charge in [-0.15, -0.1) is 0 Å². The first kappa shape index (κ1) is 7.60. The Balaban J connectivity index is 1.96. The third-order valence-electron chi connectivity index (χ3n) is 4.04. The summed E-state index contributed by atoms with van der Waals surface area (Å²) in [7, 11) is 0. The number of hydrogen-bond acceptors (Lipinski definition) is 1. The number of nitrogens with two attached hydrogens (primary N) is 1. The predicted octanol–water partition coefficient (Wildman–Crippen LogP) is 2.16. The first-order chi connectivity index (χ1) is 5.11. The summed E-state index contributed by atoms with van der Waals surface area (Å²) in [6.07, 6.45) is 5.53. The van der Waals surface area contributed by atoms with Crippen LogP contribution < -0.4 is 5.73 Å². The lowest BCUT2D eigenvalue weighted by atomic mass is 9.54. The van der Waals surface area contributed by atoms with E-state index < -0.39 is 0 Å². The Morgan fingerprint density at radius 2 is 2.00 bits per heavy atom. The van der Waals surface area contributed by atoms with Crippen molar-refractivity contribution in [1.29, 1.82) is 0 Å². The molecule has 0 heterocycles. The molecule has 11 heavy (non-hydrogen) atoms. The molecule has 64 valence electrons. The Morgan fingerprint density at radius 1 is 1.27 bits per heavy atom. The van der Waals surface area contributed by atoms with Gasteiger partial charge in [0.15, 0.2) is 0 Å². The fourth-order valence-electron chi connectivity index (χ4n) is 2.76. The molecule has 0 bridgehead atoms. The van der Waals surface area contributed by atoms with Crippen LogP contribution in [0, 0.1) is 17.8 Å². The van der Waals surface area contributed by atoms with E-state index in [4.69, 9.17) is 5.73 Å². The van der Waals surface area contributed by atoms with Gasteiger partial charge in [0.1, 0.15) is 0 Å². The molecule has 1 nitrogen and oxygen atoms in total. The molecule has 2 fully saturated rings. The minimum Gasteiger partial charge on any atom is -0.325 e. The van der Waals surface area contributed by atoms with Crippen molar-refractivity contribution in [2.75, 3.05) is 0 Å². The van der Waals surface area contributed by atoms with Gasteiger partial charge in [0.25, 0.3) is 0 Å². The highest BCUT2D eigenvalue weighted by molar-refractivity contribution is 5.02. The van der Waals surface area contributed by atoms with E-state index >= 15 is 0 Å². The highest BCUT2D eigenvalue weighted by atomic mass is 14.8. The lowest BCUT2D eigenvalue weighted by Gasteiger charge is -2.54. The maximum absolute atomic E-state index is 6.14. The minimum atomic E-state index is 0.194. The van der Waals surface area contributed by atoms with Crippen molar-refractivity contribution in [2.45, 2.75) is 45.1 Å². The zero-order valence-corrected chi connectivity index (χ0v) is 7.64. The van der Waals surface area contributed by atoms with Crippen molar-refractivity contribution in [3.05, 3.63) is 0 Å². The van der Waals surface area contributed by atoms with E-state index in [9.17, 15) is 0 Å². The second kappa shape index (κ2) is 2.22. The topological polar surface area (TPSA) is 26.0 Å². The highest BCUT2D eigenvalue weighted by Crippen LogP contribution is 2.51. The predicted molar refractivity (Wildman–Crippen MR) is 47.2 cm³/mol. The van der Waals surface area contributed by atoms with Gasteiger partial charge in [-0.05, 0) is 43.9 Å². The molecule has 2 aliphatic rings. The molecule has 0 aromatic rings. The van der Waals surface area contributed by atoms with Gasteiger partial charge < -0.3 is 5.73 Å². The third-order valence-corrected chi connectivity index (χ3v) is 4.04. The summed E-state index contributed by atoms with van der Waals surface area (Å²) >= 11 is 0. The van der Waals surface area contributed by atoms with Crippen molar-refractivity contribution in [3.63, 3.8) is 0 Å². The number of hydrogen-bond donors (Lipinski definition) is 1. The second-order valence-corrected chi connectivity index (χ2v) is 4.87. The molecule has 0 aromatic heterocycles. The lowest BCUT2D eigenvalue weighted by molar-refractivity contribution is 0.00209. The molecule has 0 saturated heterocycles. The molecule has 4 atom stereocenters. The summed E-state index contributed by atoms with van der Waals surface area (Å²) in [5.74, 6) is 2.79. The third kappa shape index (κ3) is 1.01. The largest absolute Gasteiger partial charge is 0.325 e. The molecule has 0 radical (unpaired) electrons. The lowest BCUT2D eigenvalue weighted by Crippen LogP contribution is -2.57. The van der Waals surface area contributed by atoms with Crippen molar-refractivity contribution < 1.29 is 0 Å². The molecule has 2 N–H and O–H groups in total. The van der Waals surface area contributed by atoms with Crippen LogP contribution in [0.15, 0.2) is 0 Å². The van der Waals surface area contributed by atoms with E-state index in [1.54, 1.807) is 0 Å². The monoisotopic (exact) mass is 153 g/mol. The highest BCUT2D eigenvalue weighted by Gasteiger charge is 2.47. The Kier molecular flexibility index (Phi) is 1.54. The van der Waals surface area contributed by atoms with Gasteiger partial charge in [0.05, 0.1) is 0 Å². The van der Waals surface area contributed by atoms with Crippen LogP contribution >= 0.6 is 0 Å². The van der Waals surface area contributed by atoms with Crippen molar-refractivity contribution in [3.8, 4) is 0 Å². The Bertz CT molecular complexity index is 162. The van der Waals surface area contributed by atoms with Crippen LogP contribution in [0.5, 0.6) is 0 Å². The fraction of sp³-hybridized carbons (Fsp3) is 1.00. The van der Waals surface area contributed by atoms with Crippen molar-refractivity contribution >= 4 is 0 Å². The Hall–Kier alpha value is -0.0400. The standard InChI is InChI=1S/C10H19N/c1-7-3-4-8(7)9-5-6-10(9,2)11/h7-9H,3-6,11H2,1-2H3. The summed E-state index contributed by atoms with van der Waals surface area (Å²) in [4.78, 5) is 0. The molecule has 0 aromatic carbocycles. The smallest absolute Gasteiger partial charge is 0.0157 e. The zero-order valence-electron chi connectivity index (χ0n) is 7.64. The van der Waals surface area contributed by atoms with E-state index in [1.807, 2.05) is 0 Å². The SMILES string of the molecule is CC1CCC1C1CCC1(C)N. The van der Waals surface area contributed by atoms with E-state index in [0.29, 0.717) is 0 Å². The fourth-order valence-corrected chi connectivity index (χ4v) is 2.76. The van der Waals surface area contributed by atoms with Gasteiger partial charge in [0, 0.05) is 5.54 Å². The van der Waals surface area contributed by atoms with Crippen LogP contribution in [-0.2, 0) is 0 Å². The van der Waals surface area contributed by atoms with Crippen molar-refractivity contribution in [2.24, 2.45) is 23.5 Å². The van der Waals surface area contributed by atoms with Crippen LogP contribution in [0.3, 0.4) is 0 Å². The molecule has 4 unspecified atom stereocenters. The number of rotatable bonds is 1. The molecule has 1 heteroatoms. The normalized spacial score (nSPS) is 56.5. The first-order valence-electron chi connectivity index (χ1n) is 4.90. The van der Waals surface area contributed by atoms with Crippen LogP contribution in [0.2, 0.25) is 0 Å². The summed E-state index contributed by atoms with van der Waals surface area (Å²) < 4.78 is 0. The molecule has 2 aliphatic carbocycles. The van der Waals surface area contributed by atoms with Gasteiger partial charge in [-0.1, -0.05) is 13.3 Å².